The molecule has 2 saturated heterocycles. The average Bonchev–Trinajstić information content (AvgIpc) is 2.56. The molecule has 2 fully saturated rings. The van der Waals surface area contributed by atoms with Crippen molar-refractivity contribution in [2.24, 2.45) is 5.41 Å². The van der Waals surface area contributed by atoms with Crippen LogP contribution in [-0.4, -0.2) is 67.0 Å². The van der Waals surface area contributed by atoms with E-state index in [1.165, 1.54) is 8.61 Å². The SMILES string of the molecule is O=C(O)C1CCC2(CCOCC2)CN1S(=O)(=O)N1CC=CCC1. The molecular formula is C15H24N2O5S. The number of hydrogen-bond acceptors (Lipinski definition) is 4. The zero-order chi connectivity index (χ0) is 16.5. The van der Waals surface area contributed by atoms with Crippen LogP contribution < -0.4 is 0 Å². The quantitative estimate of drug-likeness (QED) is 0.767. The van der Waals surface area contributed by atoms with E-state index in [9.17, 15) is 18.3 Å². The molecular weight excluding hydrogens is 320 g/mol. The van der Waals surface area contributed by atoms with E-state index in [4.69, 9.17) is 4.74 Å². The number of nitrogens with zero attached hydrogens (tertiary/aromatic N) is 2. The average molecular weight is 344 g/mol. The third kappa shape index (κ3) is 3.31. The molecule has 0 saturated carbocycles. The molecule has 1 unspecified atom stereocenters. The highest BCUT2D eigenvalue weighted by Gasteiger charge is 2.48. The molecule has 0 radical (unpaired) electrons. The van der Waals surface area contributed by atoms with Gasteiger partial charge in [-0.3, -0.25) is 4.79 Å². The van der Waals surface area contributed by atoms with Crippen LogP contribution in [0.25, 0.3) is 0 Å². The molecule has 0 aliphatic carbocycles. The van der Waals surface area contributed by atoms with Gasteiger partial charge < -0.3 is 9.84 Å². The number of hydrogen-bond donors (Lipinski definition) is 1. The van der Waals surface area contributed by atoms with Crippen LogP contribution in [0.3, 0.4) is 0 Å². The molecule has 0 amide bonds. The molecule has 3 aliphatic heterocycles. The predicted octanol–water partition coefficient (Wildman–Crippen LogP) is 0.839. The first kappa shape index (κ1) is 16.9. The van der Waals surface area contributed by atoms with Gasteiger partial charge in [0.25, 0.3) is 10.2 Å². The summed E-state index contributed by atoms with van der Waals surface area (Å²) >= 11 is 0. The highest BCUT2D eigenvalue weighted by Crippen LogP contribution is 2.42. The highest BCUT2D eigenvalue weighted by molar-refractivity contribution is 7.86. The van der Waals surface area contributed by atoms with Gasteiger partial charge in [0, 0.05) is 32.8 Å². The molecule has 1 atom stereocenters. The third-order valence-corrected chi connectivity index (χ3v) is 7.23. The summed E-state index contributed by atoms with van der Waals surface area (Å²) in [5.74, 6) is -1.05. The molecule has 3 heterocycles. The Bertz CT molecular complexity index is 583. The fourth-order valence-electron chi connectivity index (χ4n) is 3.79. The van der Waals surface area contributed by atoms with Crippen molar-refractivity contribution in [3.05, 3.63) is 12.2 Å². The molecule has 3 rings (SSSR count). The highest BCUT2D eigenvalue weighted by atomic mass is 32.2. The predicted molar refractivity (Wildman–Crippen MR) is 84.1 cm³/mol. The largest absolute Gasteiger partial charge is 0.480 e. The normalized spacial score (nSPS) is 29.7. The second-order valence-corrected chi connectivity index (χ2v) is 8.56. The lowest BCUT2D eigenvalue weighted by Gasteiger charge is -2.47. The van der Waals surface area contributed by atoms with Gasteiger partial charge in [0.2, 0.25) is 0 Å². The number of carboxylic acids is 1. The Labute approximate surface area is 137 Å². The first-order chi connectivity index (χ1) is 10.9. The zero-order valence-corrected chi connectivity index (χ0v) is 14.0. The fraction of sp³-hybridized carbons (Fsp3) is 0.800. The van der Waals surface area contributed by atoms with Gasteiger partial charge in [-0.1, -0.05) is 12.2 Å². The Morgan fingerprint density at radius 1 is 1.22 bits per heavy atom. The van der Waals surface area contributed by atoms with Crippen molar-refractivity contribution in [3.63, 3.8) is 0 Å². The fourth-order valence-corrected chi connectivity index (χ4v) is 5.65. The van der Waals surface area contributed by atoms with E-state index in [0.29, 0.717) is 39.1 Å². The molecule has 0 aromatic carbocycles. The van der Waals surface area contributed by atoms with E-state index in [1.54, 1.807) is 0 Å². The van der Waals surface area contributed by atoms with E-state index in [-0.39, 0.29) is 12.0 Å². The topological polar surface area (TPSA) is 87.1 Å². The van der Waals surface area contributed by atoms with Gasteiger partial charge in [0.1, 0.15) is 6.04 Å². The number of ether oxygens (including phenoxy) is 1. The van der Waals surface area contributed by atoms with E-state index in [0.717, 1.165) is 19.3 Å². The van der Waals surface area contributed by atoms with E-state index in [2.05, 4.69) is 0 Å². The van der Waals surface area contributed by atoms with Crippen molar-refractivity contribution in [3.8, 4) is 0 Å². The Balaban J connectivity index is 1.87. The van der Waals surface area contributed by atoms with Crippen molar-refractivity contribution < 1.29 is 23.1 Å². The third-order valence-electron chi connectivity index (χ3n) is 5.27. The maximum atomic E-state index is 13.0. The van der Waals surface area contributed by atoms with Gasteiger partial charge in [-0.25, -0.2) is 0 Å². The van der Waals surface area contributed by atoms with Crippen LogP contribution in [0, 0.1) is 5.41 Å². The van der Waals surface area contributed by atoms with Crippen LogP contribution in [0.5, 0.6) is 0 Å². The molecule has 1 spiro atoms. The van der Waals surface area contributed by atoms with E-state index in [1.807, 2.05) is 12.2 Å². The summed E-state index contributed by atoms with van der Waals surface area (Å²) in [5, 5.41) is 9.49. The monoisotopic (exact) mass is 344 g/mol. The maximum Gasteiger partial charge on any atom is 0.322 e. The van der Waals surface area contributed by atoms with E-state index >= 15 is 0 Å². The Morgan fingerprint density at radius 2 is 1.96 bits per heavy atom. The molecule has 7 nitrogen and oxygen atoms in total. The Hall–Kier alpha value is -0.960. The zero-order valence-electron chi connectivity index (χ0n) is 13.2. The van der Waals surface area contributed by atoms with Gasteiger partial charge in [-0.05, 0) is 37.5 Å². The minimum absolute atomic E-state index is 0.136. The summed E-state index contributed by atoms with van der Waals surface area (Å²) in [6.45, 7) is 2.27. The van der Waals surface area contributed by atoms with Crippen LogP contribution in [0.2, 0.25) is 0 Å². The Morgan fingerprint density at radius 3 is 2.57 bits per heavy atom. The second-order valence-electron chi connectivity index (χ2n) is 6.68. The number of piperidine rings is 1. The van der Waals surface area contributed by atoms with Crippen LogP contribution in [0.15, 0.2) is 12.2 Å². The molecule has 23 heavy (non-hydrogen) atoms. The molecule has 130 valence electrons. The van der Waals surface area contributed by atoms with Crippen LogP contribution in [0.1, 0.15) is 32.1 Å². The number of rotatable bonds is 3. The minimum Gasteiger partial charge on any atom is -0.480 e. The molecule has 3 aliphatic rings. The molecule has 1 N–H and O–H groups in total. The summed E-state index contributed by atoms with van der Waals surface area (Å²) in [6.07, 6.45) is 7.17. The van der Waals surface area contributed by atoms with Crippen LogP contribution in [0.4, 0.5) is 0 Å². The van der Waals surface area contributed by atoms with Gasteiger partial charge in [-0.2, -0.15) is 17.0 Å². The summed E-state index contributed by atoms with van der Waals surface area (Å²) < 4.78 is 34.0. The van der Waals surface area contributed by atoms with Gasteiger partial charge in [-0.15, -0.1) is 0 Å². The second kappa shape index (κ2) is 6.51. The lowest BCUT2D eigenvalue weighted by Crippen LogP contribution is -2.59. The van der Waals surface area contributed by atoms with Crippen LogP contribution in [-0.2, 0) is 19.7 Å². The molecule has 0 bridgehead atoms. The lowest BCUT2D eigenvalue weighted by atomic mass is 9.73. The van der Waals surface area contributed by atoms with Gasteiger partial charge >= 0.3 is 5.97 Å². The van der Waals surface area contributed by atoms with Crippen molar-refractivity contribution >= 4 is 16.2 Å². The van der Waals surface area contributed by atoms with Gasteiger partial charge in [0.05, 0.1) is 0 Å². The molecule has 0 aromatic heterocycles. The van der Waals surface area contributed by atoms with Crippen molar-refractivity contribution in [1.82, 2.24) is 8.61 Å². The van der Waals surface area contributed by atoms with Crippen molar-refractivity contribution in [2.45, 2.75) is 38.1 Å². The smallest absolute Gasteiger partial charge is 0.322 e. The van der Waals surface area contributed by atoms with Crippen molar-refractivity contribution in [2.75, 3.05) is 32.8 Å². The first-order valence-corrected chi connectivity index (χ1v) is 9.57. The lowest BCUT2D eigenvalue weighted by molar-refractivity contribution is -0.144. The summed E-state index contributed by atoms with van der Waals surface area (Å²) in [6, 6.07) is -0.959. The molecule has 8 heteroatoms. The van der Waals surface area contributed by atoms with Crippen molar-refractivity contribution in [1.29, 1.82) is 0 Å². The number of carbonyl (C=O) groups is 1. The maximum absolute atomic E-state index is 13.0. The van der Waals surface area contributed by atoms with E-state index < -0.39 is 22.2 Å². The molecule has 0 aromatic rings. The standard InChI is InChI=1S/C15H24N2O5S/c18-14(19)13-4-5-15(6-10-22-11-7-15)12-17(13)23(20,21)16-8-2-1-3-9-16/h1-2,13H,3-12H2,(H,18,19). The number of aliphatic carboxylic acids is 1. The van der Waals surface area contributed by atoms with Gasteiger partial charge in [0.15, 0.2) is 0 Å². The summed E-state index contributed by atoms with van der Waals surface area (Å²) in [7, 11) is -3.76. The summed E-state index contributed by atoms with van der Waals surface area (Å²) in [5.41, 5.74) is -0.136. The number of carboxylic acid groups (broad SMARTS) is 1. The minimum atomic E-state index is -3.76. The Kier molecular flexibility index (Phi) is 4.78. The first-order valence-electron chi connectivity index (χ1n) is 8.17. The summed E-state index contributed by atoms with van der Waals surface area (Å²) in [4.78, 5) is 11.6. The van der Waals surface area contributed by atoms with Crippen LogP contribution >= 0.6 is 0 Å².